The average molecular weight is 423 g/mol. The molecule has 0 radical (unpaired) electrons. The number of imidazole rings is 1. The van der Waals surface area contributed by atoms with E-state index in [1.165, 1.54) is 13.2 Å². The number of hydrogen-bond donors (Lipinski definition) is 2. The number of nitrogens with one attached hydrogen (secondary N) is 2. The van der Waals surface area contributed by atoms with E-state index in [2.05, 4.69) is 20.5 Å². The van der Waals surface area contributed by atoms with Gasteiger partial charge in [0.05, 0.1) is 24.1 Å². The number of halogens is 1. The van der Waals surface area contributed by atoms with Crippen LogP contribution in [0.15, 0.2) is 36.7 Å². The Hall–Kier alpha value is -3.13. The van der Waals surface area contributed by atoms with Crippen molar-refractivity contribution in [2.75, 3.05) is 43.5 Å². The minimum atomic E-state index is -0.449. The molecule has 8 heteroatoms. The van der Waals surface area contributed by atoms with Gasteiger partial charge in [-0.05, 0) is 43.4 Å². The normalized spacial score (nSPS) is 17.6. The SMILES string of the molecule is COc1cc2nc(C)cn2cc1C(=O)Nc1ccc(N2CCC3(CC2)CNC3)cc1F. The third-order valence-electron chi connectivity index (χ3n) is 6.53. The fraction of sp³-hybridized carbons (Fsp3) is 0.391. The number of piperidine rings is 1. The summed E-state index contributed by atoms with van der Waals surface area (Å²) in [6, 6.07) is 6.70. The molecule has 162 valence electrons. The maximum atomic E-state index is 14.9. The Morgan fingerprint density at radius 3 is 2.65 bits per heavy atom. The zero-order valence-corrected chi connectivity index (χ0v) is 17.7. The second kappa shape index (κ2) is 7.53. The van der Waals surface area contributed by atoms with Gasteiger partial charge in [-0.25, -0.2) is 9.37 Å². The predicted octanol–water partition coefficient (Wildman–Crippen LogP) is 3.23. The number of benzene rings is 1. The molecule has 0 aliphatic carbocycles. The first-order valence-corrected chi connectivity index (χ1v) is 10.6. The van der Waals surface area contributed by atoms with Crippen molar-refractivity contribution in [2.24, 2.45) is 5.41 Å². The van der Waals surface area contributed by atoms with Crippen molar-refractivity contribution in [3.05, 3.63) is 53.7 Å². The minimum Gasteiger partial charge on any atom is -0.496 e. The van der Waals surface area contributed by atoms with Crippen LogP contribution in [0, 0.1) is 18.2 Å². The number of methoxy groups -OCH3 is 1. The zero-order chi connectivity index (χ0) is 21.6. The fourth-order valence-corrected chi connectivity index (χ4v) is 4.55. The Balaban J connectivity index is 1.33. The zero-order valence-electron chi connectivity index (χ0n) is 17.7. The summed E-state index contributed by atoms with van der Waals surface area (Å²) < 4.78 is 22.0. The lowest BCUT2D eigenvalue weighted by molar-refractivity contribution is 0.102. The second-order valence-corrected chi connectivity index (χ2v) is 8.61. The van der Waals surface area contributed by atoms with E-state index in [4.69, 9.17) is 4.74 Å². The number of anilines is 2. The van der Waals surface area contributed by atoms with Crippen LogP contribution in [0.2, 0.25) is 0 Å². The van der Waals surface area contributed by atoms with E-state index in [1.54, 1.807) is 22.7 Å². The van der Waals surface area contributed by atoms with Gasteiger partial charge >= 0.3 is 0 Å². The largest absolute Gasteiger partial charge is 0.496 e. The van der Waals surface area contributed by atoms with Gasteiger partial charge in [-0.15, -0.1) is 0 Å². The smallest absolute Gasteiger partial charge is 0.261 e. The van der Waals surface area contributed by atoms with Crippen molar-refractivity contribution in [2.45, 2.75) is 19.8 Å². The third-order valence-corrected chi connectivity index (χ3v) is 6.53. The molecule has 2 aliphatic heterocycles. The van der Waals surface area contributed by atoms with Gasteiger partial charge in [0.25, 0.3) is 5.91 Å². The number of aromatic nitrogens is 2. The summed E-state index contributed by atoms with van der Waals surface area (Å²) in [7, 11) is 1.50. The molecule has 2 N–H and O–H groups in total. The van der Waals surface area contributed by atoms with Crippen molar-refractivity contribution < 1.29 is 13.9 Å². The summed E-state index contributed by atoms with van der Waals surface area (Å²) in [5, 5.41) is 6.04. The van der Waals surface area contributed by atoms with Gasteiger partial charge in [0, 0.05) is 50.3 Å². The summed E-state index contributed by atoms with van der Waals surface area (Å²) in [5.41, 5.74) is 3.27. The van der Waals surface area contributed by atoms with Crippen molar-refractivity contribution in [1.29, 1.82) is 0 Å². The summed E-state index contributed by atoms with van der Waals surface area (Å²) in [6.45, 7) is 5.91. The molecule has 4 heterocycles. The lowest BCUT2D eigenvalue weighted by atomic mass is 9.73. The molecule has 0 bridgehead atoms. The summed E-state index contributed by atoms with van der Waals surface area (Å²) in [5.74, 6) is -0.496. The highest BCUT2D eigenvalue weighted by Crippen LogP contribution is 2.37. The summed E-state index contributed by atoms with van der Waals surface area (Å²) >= 11 is 0. The van der Waals surface area contributed by atoms with Crippen LogP contribution in [-0.4, -0.2) is 48.6 Å². The van der Waals surface area contributed by atoms with Gasteiger partial charge < -0.3 is 24.7 Å². The molecule has 1 aromatic carbocycles. The van der Waals surface area contributed by atoms with Crippen LogP contribution in [0.4, 0.5) is 15.8 Å². The van der Waals surface area contributed by atoms with E-state index < -0.39 is 11.7 Å². The van der Waals surface area contributed by atoms with Gasteiger partial charge in [0.15, 0.2) is 0 Å². The van der Waals surface area contributed by atoms with Crippen LogP contribution in [0.5, 0.6) is 5.75 Å². The second-order valence-electron chi connectivity index (χ2n) is 8.61. The molecular formula is C23H26FN5O2. The summed E-state index contributed by atoms with van der Waals surface area (Å²) in [6.07, 6.45) is 5.71. The first-order valence-electron chi connectivity index (χ1n) is 10.6. The van der Waals surface area contributed by atoms with Crippen LogP contribution in [0.1, 0.15) is 28.9 Å². The molecule has 3 aromatic rings. The Morgan fingerprint density at radius 1 is 1.23 bits per heavy atom. The number of ether oxygens (including phenoxy) is 1. The van der Waals surface area contributed by atoms with Gasteiger partial charge in [0.1, 0.15) is 17.2 Å². The molecule has 0 unspecified atom stereocenters. The van der Waals surface area contributed by atoms with Gasteiger partial charge in [-0.2, -0.15) is 0 Å². The molecule has 2 aromatic heterocycles. The molecule has 2 aliphatic rings. The molecule has 2 saturated heterocycles. The van der Waals surface area contributed by atoms with Crippen LogP contribution in [-0.2, 0) is 0 Å². The fourth-order valence-electron chi connectivity index (χ4n) is 4.55. The number of nitrogens with zero attached hydrogens (tertiary/aromatic N) is 3. The highest BCUT2D eigenvalue weighted by molar-refractivity contribution is 6.06. The minimum absolute atomic E-state index is 0.148. The molecule has 7 nitrogen and oxygen atoms in total. The van der Waals surface area contributed by atoms with Crippen LogP contribution in [0.25, 0.3) is 5.65 Å². The highest BCUT2D eigenvalue weighted by Gasteiger charge is 2.39. The molecular weight excluding hydrogens is 397 g/mol. The number of hydrogen-bond acceptors (Lipinski definition) is 5. The molecule has 1 spiro atoms. The summed E-state index contributed by atoms with van der Waals surface area (Å²) in [4.78, 5) is 19.5. The monoisotopic (exact) mass is 423 g/mol. The lowest BCUT2D eigenvalue weighted by Crippen LogP contribution is -2.58. The number of carbonyl (C=O) groups is 1. The maximum Gasteiger partial charge on any atom is 0.261 e. The van der Waals surface area contributed by atoms with E-state index >= 15 is 0 Å². The third kappa shape index (κ3) is 3.61. The standard InChI is InChI=1S/C23H26FN5O2/c1-15-11-29-12-17(20(31-2)10-21(29)26-15)22(30)27-19-4-3-16(9-18(19)24)28-7-5-23(6-8-28)13-25-14-23/h3-4,9-12,25H,5-8,13-14H2,1-2H3,(H,27,30). The molecule has 1 amide bonds. The van der Waals surface area contributed by atoms with Crippen molar-refractivity contribution >= 4 is 22.9 Å². The molecule has 0 atom stereocenters. The van der Waals surface area contributed by atoms with E-state index in [9.17, 15) is 9.18 Å². The maximum absolute atomic E-state index is 14.9. The average Bonchev–Trinajstić information content (AvgIpc) is 3.12. The van der Waals surface area contributed by atoms with Crippen molar-refractivity contribution in [1.82, 2.24) is 14.7 Å². The molecule has 5 rings (SSSR count). The quantitative estimate of drug-likeness (QED) is 0.674. The molecule has 0 saturated carbocycles. The number of carbonyl (C=O) groups excluding carboxylic acids is 1. The van der Waals surface area contributed by atoms with Crippen LogP contribution < -0.4 is 20.3 Å². The Morgan fingerprint density at radius 2 is 2.00 bits per heavy atom. The van der Waals surface area contributed by atoms with Crippen LogP contribution in [0.3, 0.4) is 0 Å². The Bertz CT molecular complexity index is 1140. The lowest BCUT2D eigenvalue weighted by Gasteiger charge is -2.49. The van der Waals surface area contributed by atoms with Gasteiger partial charge in [-0.3, -0.25) is 4.79 Å². The number of aryl methyl sites for hydroxylation is 1. The molecule has 2 fully saturated rings. The number of pyridine rings is 1. The van der Waals surface area contributed by atoms with Crippen molar-refractivity contribution in [3.63, 3.8) is 0 Å². The van der Waals surface area contributed by atoms with Crippen molar-refractivity contribution in [3.8, 4) is 5.75 Å². The van der Waals surface area contributed by atoms with Gasteiger partial charge in [-0.1, -0.05) is 0 Å². The van der Waals surface area contributed by atoms with E-state index in [0.29, 0.717) is 22.4 Å². The van der Waals surface area contributed by atoms with Gasteiger partial charge in [0.2, 0.25) is 0 Å². The Kier molecular flexibility index (Phi) is 4.81. The number of rotatable bonds is 4. The number of amides is 1. The topological polar surface area (TPSA) is 70.9 Å². The first kappa shape index (κ1) is 19.8. The molecule has 31 heavy (non-hydrogen) atoms. The highest BCUT2D eigenvalue weighted by atomic mass is 19.1. The predicted molar refractivity (Wildman–Crippen MR) is 118 cm³/mol. The van der Waals surface area contributed by atoms with Crippen LogP contribution >= 0.6 is 0 Å². The first-order chi connectivity index (χ1) is 15.0. The van der Waals surface area contributed by atoms with E-state index in [1.807, 2.05) is 19.2 Å². The number of fused-ring (bicyclic) bond motifs is 1. The van der Waals surface area contributed by atoms with E-state index in [0.717, 1.165) is 50.4 Å². The Labute approximate surface area is 180 Å². The van der Waals surface area contributed by atoms with E-state index in [-0.39, 0.29) is 5.69 Å².